The Bertz CT molecular complexity index is 3660. The van der Waals surface area contributed by atoms with Crippen LogP contribution >= 0.6 is 11.3 Å². The number of nitrogens with zero attached hydrogens (tertiary/aromatic N) is 3. The first-order valence-electron chi connectivity index (χ1n) is 19.2. The van der Waals surface area contributed by atoms with Gasteiger partial charge in [-0.1, -0.05) is 127 Å². The zero-order valence-corrected chi connectivity index (χ0v) is 30.9. The predicted octanol–water partition coefficient (Wildman–Crippen LogP) is 13.6. The summed E-state index contributed by atoms with van der Waals surface area (Å²) in [5.41, 5.74) is 9.94. The fourth-order valence-electron chi connectivity index (χ4n) is 9.64. The highest BCUT2D eigenvalue weighted by atomic mass is 32.1. The van der Waals surface area contributed by atoms with E-state index < -0.39 is 0 Å². The van der Waals surface area contributed by atoms with Crippen LogP contribution in [0, 0.1) is 12.1 Å². The van der Waals surface area contributed by atoms with E-state index >= 15 is 0 Å². The second kappa shape index (κ2) is 11.2. The minimum absolute atomic E-state index is 0.809. The summed E-state index contributed by atoms with van der Waals surface area (Å²) in [4.78, 5) is 11.3. The van der Waals surface area contributed by atoms with Gasteiger partial charge in [-0.15, -0.1) is 11.3 Å². The minimum atomic E-state index is 0.809. The van der Waals surface area contributed by atoms with Gasteiger partial charge in [-0.25, -0.2) is 9.97 Å². The van der Waals surface area contributed by atoms with Gasteiger partial charge < -0.3 is 0 Å². The van der Waals surface area contributed by atoms with Crippen LogP contribution in [0.5, 0.6) is 0 Å². The van der Waals surface area contributed by atoms with Crippen molar-refractivity contribution < 1.29 is 0 Å². The number of hydrogen-bond acceptors (Lipinski definition) is 3. The van der Waals surface area contributed by atoms with Gasteiger partial charge in [0, 0.05) is 37.5 Å². The Hall–Kier alpha value is -7.06. The van der Waals surface area contributed by atoms with Gasteiger partial charge >= 0.3 is 0 Å². The van der Waals surface area contributed by atoms with Crippen LogP contribution in [0.15, 0.2) is 152 Å². The summed E-state index contributed by atoms with van der Waals surface area (Å²) in [5, 5.41) is 13.5. The molecule has 0 atom stereocenters. The van der Waals surface area contributed by atoms with E-state index in [1.54, 1.807) is 11.3 Å². The Morgan fingerprint density at radius 3 is 2.02 bits per heavy atom. The molecule has 0 radical (unpaired) electrons. The van der Waals surface area contributed by atoms with Crippen LogP contribution in [-0.2, 0) is 12.8 Å². The number of aromatic nitrogens is 3. The lowest BCUT2D eigenvalue weighted by Gasteiger charge is -2.24. The molecule has 0 spiro atoms. The first-order chi connectivity index (χ1) is 27.8. The molecular formula is C52H29N3S. The van der Waals surface area contributed by atoms with Crippen LogP contribution in [0.1, 0.15) is 11.3 Å². The number of benzene rings is 8. The number of rotatable bonds is 2. The highest BCUT2D eigenvalue weighted by Gasteiger charge is 2.31. The van der Waals surface area contributed by atoms with Crippen molar-refractivity contribution in [3.63, 3.8) is 0 Å². The Morgan fingerprint density at radius 2 is 1.18 bits per heavy atom. The molecule has 3 heterocycles. The van der Waals surface area contributed by atoms with Crippen molar-refractivity contribution in [2.24, 2.45) is 0 Å². The van der Waals surface area contributed by atoms with Crippen molar-refractivity contribution in [2.45, 2.75) is 12.8 Å². The van der Waals surface area contributed by atoms with Crippen molar-refractivity contribution in [1.82, 2.24) is 14.5 Å². The normalized spacial score (nSPS) is 12.7. The summed E-state index contributed by atoms with van der Waals surface area (Å²) in [6, 6.07) is 62.2. The molecule has 0 unspecified atom stereocenters. The molecule has 3 nitrogen and oxygen atoms in total. The van der Waals surface area contributed by atoms with Crippen molar-refractivity contribution in [2.75, 3.05) is 0 Å². The smallest absolute Gasteiger partial charge is 0.165 e. The summed E-state index contributed by atoms with van der Waals surface area (Å²) in [6.07, 6.45) is 1.80. The molecule has 0 aliphatic heterocycles. The first kappa shape index (κ1) is 30.3. The monoisotopic (exact) mass is 727 g/mol. The van der Waals surface area contributed by atoms with E-state index in [1.807, 2.05) is 0 Å². The molecule has 13 rings (SSSR count). The zero-order valence-electron chi connectivity index (χ0n) is 30.1. The Labute approximate surface area is 325 Å². The number of aryl methyl sites for hydroxylation is 1. The van der Waals surface area contributed by atoms with Crippen LogP contribution in [0.25, 0.3) is 113 Å². The molecule has 1 aliphatic rings. The van der Waals surface area contributed by atoms with Gasteiger partial charge in [0.2, 0.25) is 0 Å². The maximum absolute atomic E-state index is 5.73. The van der Waals surface area contributed by atoms with E-state index in [2.05, 4.69) is 168 Å². The van der Waals surface area contributed by atoms with Gasteiger partial charge in [-0.05, 0) is 98.1 Å². The van der Waals surface area contributed by atoms with E-state index in [-0.39, 0.29) is 0 Å². The van der Waals surface area contributed by atoms with Gasteiger partial charge in [-0.2, -0.15) is 0 Å². The molecule has 258 valence electrons. The second-order valence-electron chi connectivity index (χ2n) is 15.0. The second-order valence-corrected chi connectivity index (χ2v) is 16.1. The third-order valence-electron chi connectivity index (χ3n) is 12.1. The van der Waals surface area contributed by atoms with E-state index in [0.29, 0.717) is 0 Å². The summed E-state index contributed by atoms with van der Waals surface area (Å²) in [5.74, 6) is 0.826. The molecule has 0 saturated carbocycles. The van der Waals surface area contributed by atoms with E-state index in [0.717, 1.165) is 61.9 Å². The predicted molar refractivity (Wildman–Crippen MR) is 235 cm³/mol. The largest absolute Gasteiger partial charge is 0.296 e. The zero-order chi connectivity index (χ0) is 36.5. The fraction of sp³-hybridized carbons (Fsp3) is 0.0385. The molecule has 1 aliphatic carbocycles. The molecule has 0 amide bonds. The van der Waals surface area contributed by atoms with Crippen molar-refractivity contribution in [1.29, 1.82) is 0 Å². The maximum atomic E-state index is 5.73. The van der Waals surface area contributed by atoms with Gasteiger partial charge in [0.05, 0.1) is 26.8 Å². The Morgan fingerprint density at radius 1 is 0.500 bits per heavy atom. The third kappa shape index (κ3) is 4.13. The van der Waals surface area contributed by atoms with E-state index in [4.69, 9.17) is 9.97 Å². The standard InChI is InChI=1S/C52H29N3S/c1-2-13-32-29-45-42(27-31(32)12-1)49-44(25-23-40-37-17-6-5-15-35(37)36-16-7-8-19-39(36)48(40)49)55(45)52-50(53-43-24-21-30-11-3-4-14-34(30)51(43)54-52)33-22-26-47-41(28-33)38-18-9-10-20-46(38)56-47/h1-21,24,27-29H,23,25H2. The number of thiophene rings is 1. The molecule has 0 N–H and O–H groups in total. The van der Waals surface area contributed by atoms with Crippen LogP contribution in [0.2, 0.25) is 0 Å². The molecule has 56 heavy (non-hydrogen) atoms. The summed E-state index contributed by atoms with van der Waals surface area (Å²) < 4.78 is 4.80. The van der Waals surface area contributed by atoms with Crippen LogP contribution in [0.3, 0.4) is 0 Å². The summed E-state index contributed by atoms with van der Waals surface area (Å²) >= 11 is 1.76. The van der Waals surface area contributed by atoms with Crippen LogP contribution in [-0.4, -0.2) is 14.5 Å². The molecule has 0 bridgehead atoms. The molecule has 0 saturated heterocycles. The van der Waals surface area contributed by atoms with Gasteiger partial charge in [0.25, 0.3) is 0 Å². The Kier molecular flexibility index (Phi) is 6.08. The number of hydrogen-bond donors (Lipinski definition) is 0. The molecule has 9 aromatic carbocycles. The van der Waals surface area contributed by atoms with E-state index in [1.165, 1.54) is 75.6 Å². The topological polar surface area (TPSA) is 30.7 Å². The molecular weight excluding hydrogens is 699 g/mol. The average Bonchev–Trinajstić information content (AvgIpc) is 3.79. The average molecular weight is 728 g/mol. The van der Waals surface area contributed by atoms with Crippen molar-refractivity contribution in [3.05, 3.63) is 175 Å². The van der Waals surface area contributed by atoms with Gasteiger partial charge in [0.1, 0.15) is 5.69 Å². The van der Waals surface area contributed by atoms with Crippen LogP contribution in [0.4, 0.5) is 0 Å². The molecule has 12 aromatic rings. The minimum Gasteiger partial charge on any atom is -0.296 e. The quantitative estimate of drug-likeness (QED) is 0.166. The van der Waals surface area contributed by atoms with Gasteiger partial charge in [0.15, 0.2) is 5.82 Å². The lowest BCUT2D eigenvalue weighted by atomic mass is 9.81. The SMILES string of the molecule is c1c(-c2nc3ccc4ccccc4c3nc2-n2c3c(c4cc5ccccc5cc42)-c2c(c4ccccc4c4ccccc24)CC3)cc2c(c#1)sc1ccccc12. The van der Waals surface area contributed by atoms with Crippen LogP contribution < -0.4 is 0 Å². The molecule has 4 heteroatoms. The highest BCUT2D eigenvalue weighted by molar-refractivity contribution is 7.25. The van der Waals surface area contributed by atoms with Crippen molar-refractivity contribution >= 4 is 96.5 Å². The van der Waals surface area contributed by atoms with Crippen molar-refractivity contribution in [3.8, 4) is 28.2 Å². The third-order valence-corrected chi connectivity index (χ3v) is 13.2. The molecule has 3 aromatic heterocycles. The summed E-state index contributed by atoms with van der Waals surface area (Å²) in [7, 11) is 0. The summed E-state index contributed by atoms with van der Waals surface area (Å²) in [6.45, 7) is 0. The maximum Gasteiger partial charge on any atom is 0.165 e. The number of fused-ring (bicyclic) bond motifs is 17. The van der Waals surface area contributed by atoms with Gasteiger partial charge in [-0.3, -0.25) is 4.57 Å². The Balaban J connectivity index is 1.21. The van der Waals surface area contributed by atoms with E-state index in [9.17, 15) is 0 Å². The lowest BCUT2D eigenvalue weighted by molar-refractivity contribution is 0.859. The fourth-order valence-corrected chi connectivity index (χ4v) is 10.7. The molecule has 0 fully saturated rings. The first-order valence-corrected chi connectivity index (χ1v) is 20.0. The lowest BCUT2D eigenvalue weighted by Crippen LogP contribution is -2.12. The highest BCUT2D eigenvalue weighted by Crippen LogP contribution is 2.50.